The van der Waals surface area contributed by atoms with Gasteiger partial charge in [-0.05, 0) is 45.4 Å². The minimum absolute atomic E-state index is 0.611. The van der Waals surface area contributed by atoms with Crippen molar-refractivity contribution in [3.05, 3.63) is 29.8 Å². The summed E-state index contributed by atoms with van der Waals surface area (Å²) in [5, 5.41) is 3.45. The molecule has 0 aliphatic heterocycles. The Balaban J connectivity index is 2.09. The van der Waals surface area contributed by atoms with Gasteiger partial charge >= 0.3 is 0 Å². The van der Waals surface area contributed by atoms with Gasteiger partial charge in [0.25, 0.3) is 0 Å². The molecule has 0 amide bonds. The molecular formula is C14H23NO. The minimum Gasteiger partial charge on any atom is -0.494 e. The highest BCUT2D eigenvalue weighted by atomic mass is 16.5. The summed E-state index contributed by atoms with van der Waals surface area (Å²) in [6.07, 6.45) is 2.23. The molecule has 16 heavy (non-hydrogen) atoms. The van der Waals surface area contributed by atoms with E-state index < -0.39 is 0 Å². The molecule has 0 aliphatic rings. The monoisotopic (exact) mass is 221 g/mol. The van der Waals surface area contributed by atoms with Crippen molar-refractivity contribution in [2.24, 2.45) is 0 Å². The van der Waals surface area contributed by atoms with E-state index in [1.807, 2.05) is 12.1 Å². The molecule has 0 spiro atoms. The number of ether oxygens (including phenoxy) is 1. The molecule has 1 atom stereocenters. The number of aryl methyl sites for hydroxylation is 1. The predicted octanol–water partition coefficient (Wildman–Crippen LogP) is 3.15. The third kappa shape index (κ3) is 5.17. The van der Waals surface area contributed by atoms with Crippen LogP contribution in [0.3, 0.4) is 0 Å². The second-order valence-corrected chi connectivity index (χ2v) is 4.28. The molecule has 0 fully saturated rings. The topological polar surface area (TPSA) is 21.3 Å². The van der Waals surface area contributed by atoms with E-state index in [2.05, 4.69) is 38.2 Å². The van der Waals surface area contributed by atoms with Crippen molar-refractivity contribution in [1.29, 1.82) is 0 Å². The Hall–Kier alpha value is -1.02. The van der Waals surface area contributed by atoms with Crippen molar-refractivity contribution in [2.45, 2.75) is 39.7 Å². The first-order chi connectivity index (χ1) is 7.72. The maximum Gasteiger partial charge on any atom is 0.119 e. The molecule has 1 N–H and O–H groups in total. The molecule has 2 nitrogen and oxygen atoms in total. The van der Waals surface area contributed by atoms with E-state index in [0.717, 1.165) is 25.3 Å². The Morgan fingerprint density at radius 1 is 1.25 bits per heavy atom. The Labute approximate surface area is 99.0 Å². The van der Waals surface area contributed by atoms with Crippen molar-refractivity contribution in [1.82, 2.24) is 5.32 Å². The van der Waals surface area contributed by atoms with Gasteiger partial charge in [-0.3, -0.25) is 0 Å². The lowest BCUT2D eigenvalue weighted by atomic mass is 10.2. The van der Waals surface area contributed by atoms with Crippen LogP contribution < -0.4 is 10.1 Å². The molecule has 0 aliphatic carbocycles. The van der Waals surface area contributed by atoms with Crippen LogP contribution in [0.1, 0.15) is 32.3 Å². The van der Waals surface area contributed by atoms with E-state index in [1.165, 1.54) is 12.0 Å². The lowest BCUT2D eigenvalue weighted by molar-refractivity contribution is 0.305. The molecular weight excluding hydrogens is 198 g/mol. The van der Waals surface area contributed by atoms with Gasteiger partial charge in [0, 0.05) is 6.04 Å². The quantitative estimate of drug-likeness (QED) is 0.714. The number of nitrogens with one attached hydrogen (secondary N) is 1. The molecule has 1 rings (SSSR count). The van der Waals surface area contributed by atoms with Crippen LogP contribution in [0.25, 0.3) is 0 Å². The van der Waals surface area contributed by atoms with Crippen LogP contribution >= 0.6 is 0 Å². The van der Waals surface area contributed by atoms with Gasteiger partial charge in [-0.25, -0.2) is 0 Å². The van der Waals surface area contributed by atoms with Crippen LogP contribution in [0.2, 0.25) is 0 Å². The smallest absolute Gasteiger partial charge is 0.119 e. The first-order valence-corrected chi connectivity index (χ1v) is 6.15. The Kier molecular flexibility index (Phi) is 5.94. The number of hydrogen-bond acceptors (Lipinski definition) is 2. The predicted molar refractivity (Wildman–Crippen MR) is 69.0 cm³/mol. The zero-order valence-corrected chi connectivity index (χ0v) is 10.6. The molecule has 0 radical (unpaired) electrons. The molecule has 2 heteroatoms. The lowest BCUT2D eigenvalue weighted by Gasteiger charge is -2.11. The van der Waals surface area contributed by atoms with Gasteiger partial charge in [0.2, 0.25) is 0 Å². The maximum atomic E-state index is 5.64. The highest BCUT2D eigenvalue weighted by Gasteiger charge is 1.97. The third-order valence-electron chi connectivity index (χ3n) is 2.72. The summed E-state index contributed by atoms with van der Waals surface area (Å²) in [6, 6.07) is 8.81. The zero-order chi connectivity index (χ0) is 11.8. The second-order valence-electron chi connectivity index (χ2n) is 4.28. The van der Waals surface area contributed by atoms with E-state index >= 15 is 0 Å². The molecule has 0 aromatic heterocycles. The number of rotatable bonds is 7. The standard InChI is InChI=1S/C14H23NO/c1-4-13(3)15-10-5-11-16-14-8-6-12(2)7-9-14/h6-9,13,15H,4-5,10-11H2,1-3H3/t13-/m1/s1. The molecule has 90 valence electrons. The average molecular weight is 221 g/mol. The van der Waals surface area contributed by atoms with Gasteiger partial charge in [0.15, 0.2) is 0 Å². The van der Waals surface area contributed by atoms with E-state index in [-0.39, 0.29) is 0 Å². The summed E-state index contributed by atoms with van der Waals surface area (Å²) in [5.41, 5.74) is 1.27. The largest absolute Gasteiger partial charge is 0.494 e. The summed E-state index contributed by atoms with van der Waals surface area (Å²) in [7, 11) is 0. The molecule has 0 saturated heterocycles. The average Bonchev–Trinajstić information content (AvgIpc) is 2.31. The molecule has 0 heterocycles. The maximum absolute atomic E-state index is 5.64. The van der Waals surface area contributed by atoms with Crippen molar-refractivity contribution < 1.29 is 4.74 Å². The molecule has 0 saturated carbocycles. The van der Waals surface area contributed by atoms with Gasteiger partial charge in [-0.1, -0.05) is 24.6 Å². The van der Waals surface area contributed by atoms with Crippen molar-refractivity contribution in [3.8, 4) is 5.75 Å². The Morgan fingerprint density at radius 2 is 1.94 bits per heavy atom. The van der Waals surface area contributed by atoms with Gasteiger partial charge in [0.05, 0.1) is 6.61 Å². The first-order valence-electron chi connectivity index (χ1n) is 6.15. The lowest BCUT2D eigenvalue weighted by Crippen LogP contribution is -2.27. The van der Waals surface area contributed by atoms with Crippen molar-refractivity contribution >= 4 is 0 Å². The van der Waals surface area contributed by atoms with Crippen molar-refractivity contribution in [2.75, 3.05) is 13.2 Å². The molecule has 0 bridgehead atoms. The van der Waals surface area contributed by atoms with Gasteiger partial charge in [-0.15, -0.1) is 0 Å². The van der Waals surface area contributed by atoms with Crippen LogP contribution in [0.5, 0.6) is 5.75 Å². The van der Waals surface area contributed by atoms with E-state index in [0.29, 0.717) is 6.04 Å². The fourth-order valence-corrected chi connectivity index (χ4v) is 1.39. The Morgan fingerprint density at radius 3 is 2.56 bits per heavy atom. The highest BCUT2D eigenvalue weighted by molar-refractivity contribution is 5.26. The van der Waals surface area contributed by atoms with Crippen LogP contribution in [0.15, 0.2) is 24.3 Å². The van der Waals surface area contributed by atoms with Gasteiger partial charge in [0.1, 0.15) is 5.75 Å². The highest BCUT2D eigenvalue weighted by Crippen LogP contribution is 2.11. The molecule has 0 unspecified atom stereocenters. The van der Waals surface area contributed by atoms with Crippen LogP contribution in [-0.2, 0) is 0 Å². The first kappa shape index (κ1) is 13.0. The normalized spacial score (nSPS) is 12.4. The van der Waals surface area contributed by atoms with Crippen LogP contribution in [0, 0.1) is 6.92 Å². The van der Waals surface area contributed by atoms with E-state index in [9.17, 15) is 0 Å². The number of benzene rings is 1. The minimum atomic E-state index is 0.611. The zero-order valence-electron chi connectivity index (χ0n) is 10.6. The Bertz CT molecular complexity index is 281. The number of hydrogen-bond donors (Lipinski definition) is 1. The summed E-state index contributed by atoms with van der Waals surface area (Å²) >= 11 is 0. The second kappa shape index (κ2) is 7.29. The van der Waals surface area contributed by atoms with Crippen molar-refractivity contribution in [3.63, 3.8) is 0 Å². The van der Waals surface area contributed by atoms with Crippen LogP contribution in [0.4, 0.5) is 0 Å². The van der Waals surface area contributed by atoms with E-state index in [4.69, 9.17) is 4.74 Å². The summed E-state index contributed by atoms with van der Waals surface area (Å²) in [5.74, 6) is 0.967. The van der Waals surface area contributed by atoms with Crippen LogP contribution in [-0.4, -0.2) is 19.2 Å². The third-order valence-corrected chi connectivity index (χ3v) is 2.72. The SMILES string of the molecule is CC[C@@H](C)NCCCOc1ccc(C)cc1. The molecule has 1 aromatic rings. The van der Waals surface area contributed by atoms with E-state index in [1.54, 1.807) is 0 Å². The van der Waals surface area contributed by atoms with Gasteiger partial charge < -0.3 is 10.1 Å². The summed E-state index contributed by atoms with van der Waals surface area (Å²) in [4.78, 5) is 0. The van der Waals surface area contributed by atoms with Gasteiger partial charge in [-0.2, -0.15) is 0 Å². The molecule has 1 aromatic carbocycles. The fraction of sp³-hybridized carbons (Fsp3) is 0.571. The fourth-order valence-electron chi connectivity index (χ4n) is 1.39. The summed E-state index contributed by atoms with van der Waals surface area (Å²) in [6.45, 7) is 8.30. The summed E-state index contributed by atoms with van der Waals surface area (Å²) < 4.78 is 5.64.